The summed E-state index contributed by atoms with van der Waals surface area (Å²) < 4.78 is 16.0. The number of rotatable bonds is 5. The molecule has 1 rings (SSSR count). The Balaban J connectivity index is 2.49. The fraction of sp³-hybridized carbons (Fsp3) is 0.636. The van der Waals surface area contributed by atoms with Gasteiger partial charge in [-0.25, -0.2) is 4.98 Å². The summed E-state index contributed by atoms with van der Waals surface area (Å²) in [6.45, 7) is 6.79. The first-order valence-electron chi connectivity index (χ1n) is 5.25. The van der Waals surface area contributed by atoms with Gasteiger partial charge in [0.15, 0.2) is 5.15 Å². The summed E-state index contributed by atoms with van der Waals surface area (Å²) in [6, 6.07) is 0. The SMILES string of the molecule is COc1c(Cl)ncnc1OCCOC(C)(C)C. The van der Waals surface area contributed by atoms with E-state index < -0.39 is 0 Å². The third-order valence-corrected chi connectivity index (χ3v) is 2.06. The van der Waals surface area contributed by atoms with Crippen LogP contribution in [-0.2, 0) is 4.74 Å². The quantitative estimate of drug-likeness (QED) is 0.601. The molecule has 0 saturated carbocycles. The highest BCUT2D eigenvalue weighted by atomic mass is 35.5. The molecule has 17 heavy (non-hydrogen) atoms. The summed E-state index contributed by atoms with van der Waals surface area (Å²) in [4.78, 5) is 7.74. The standard InChI is InChI=1S/C11H17ClN2O3/c1-11(2,3)17-6-5-16-10-8(15-4)9(12)13-7-14-10/h7H,5-6H2,1-4H3. The zero-order valence-corrected chi connectivity index (χ0v) is 11.2. The molecule has 0 aliphatic heterocycles. The largest absolute Gasteiger partial charge is 0.489 e. The van der Waals surface area contributed by atoms with Gasteiger partial charge in [0, 0.05) is 0 Å². The van der Waals surface area contributed by atoms with Crippen LogP contribution in [0.25, 0.3) is 0 Å². The van der Waals surface area contributed by atoms with Gasteiger partial charge in [0.05, 0.1) is 19.3 Å². The van der Waals surface area contributed by atoms with Gasteiger partial charge in [-0.15, -0.1) is 0 Å². The molecule has 5 nitrogen and oxygen atoms in total. The highest BCUT2D eigenvalue weighted by molar-refractivity contribution is 6.31. The molecule has 96 valence electrons. The Morgan fingerprint density at radius 3 is 2.53 bits per heavy atom. The molecule has 0 bridgehead atoms. The summed E-state index contributed by atoms with van der Waals surface area (Å²) in [7, 11) is 1.49. The highest BCUT2D eigenvalue weighted by Gasteiger charge is 2.13. The van der Waals surface area contributed by atoms with E-state index in [4.69, 9.17) is 25.8 Å². The van der Waals surface area contributed by atoms with Crippen LogP contribution in [0.15, 0.2) is 6.33 Å². The van der Waals surface area contributed by atoms with E-state index in [0.717, 1.165) is 0 Å². The van der Waals surface area contributed by atoms with Gasteiger partial charge in [-0.05, 0) is 20.8 Å². The van der Waals surface area contributed by atoms with Gasteiger partial charge in [-0.3, -0.25) is 0 Å². The van der Waals surface area contributed by atoms with Crippen molar-refractivity contribution in [2.45, 2.75) is 26.4 Å². The Labute approximate surface area is 106 Å². The number of hydrogen-bond acceptors (Lipinski definition) is 5. The van der Waals surface area contributed by atoms with Crippen molar-refractivity contribution in [2.75, 3.05) is 20.3 Å². The van der Waals surface area contributed by atoms with Gasteiger partial charge in [0.1, 0.15) is 12.9 Å². The van der Waals surface area contributed by atoms with Crippen molar-refractivity contribution in [3.63, 3.8) is 0 Å². The Morgan fingerprint density at radius 1 is 1.24 bits per heavy atom. The molecule has 0 aliphatic carbocycles. The Kier molecular flexibility index (Phi) is 4.96. The van der Waals surface area contributed by atoms with Crippen LogP contribution < -0.4 is 9.47 Å². The molecule has 1 heterocycles. The van der Waals surface area contributed by atoms with Crippen LogP contribution in [0.1, 0.15) is 20.8 Å². The van der Waals surface area contributed by atoms with E-state index in [1.54, 1.807) is 0 Å². The lowest BCUT2D eigenvalue weighted by Crippen LogP contribution is -2.22. The van der Waals surface area contributed by atoms with Crippen molar-refractivity contribution < 1.29 is 14.2 Å². The molecule has 0 saturated heterocycles. The second-order valence-electron chi connectivity index (χ2n) is 4.31. The minimum atomic E-state index is -0.184. The van der Waals surface area contributed by atoms with E-state index in [2.05, 4.69) is 9.97 Å². The third kappa shape index (κ3) is 4.75. The predicted octanol–water partition coefficient (Wildman–Crippen LogP) is 2.33. The zero-order chi connectivity index (χ0) is 12.9. The summed E-state index contributed by atoms with van der Waals surface area (Å²) in [5, 5.41) is 0.231. The van der Waals surface area contributed by atoms with Gasteiger partial charge >= 0.3 is 0 Å². The summed E-state index contributed by atoms with van der Waals surface area (Å²) in [6.07, 6.45) is 1.32. The average Bonchev–Trinajstić information content (AvgIpc) is 2.23. The Hall–Kier alpha value is -1.07. The average molecular weight is 261 g/mol. The first-order valence-corrected chi connectivity index (χ1v) is 5.63. The predicted molar refractivity (Wildman–Crippen MR) is 64.8 cm³/mol. The van der Waals surface area contributed by atoms with Crippen molar-refractivity contribution in [2.24, 2.45) is 0 Å². The van der Waals surface area contributed by atoms with E-state index in [-0.39, 0.29) is 10.8 Å². The lowest BCUT2D eigenvalue weighted by atomic mass is 10.2. The van der Waals surface area contributed by atoms with Crippen molar-refractivity contribution >= 4 is 11.6 Å². The zero-order valence-electron chi connectivity index (χ0n) is 10.5. The molecule has 1 aromatic rings. The molecule has 0 N–H and O–H groups in total. The van der Waals surface area contributed by atoms with Gasteiger partial charge in [-0.1, -0.05) is 11.6 Å². The van der Waals surface area contributed by atoms with E-state index in [1.165, 1.54) is 13.4 Å². The lowest BCUT2D eigenvalue weighted by molar-refractivity contribution is -0.0170. The molecule has 0 atom stereocenters. The van der Waals surface area contributed by atoms with Crippen molar-refractivity contribution in [1.82, 2.24) is 9.97 Å². The number of methoxy groups -OCH3 is 1. The lowest BCUT2D eigenvalue weighted by Gasteiger charge is -2.19. The van der Waals surface area contributed by atoms with Crippen LogP contribution in [0.4, 0.5) is 0 Å². The van der Waals surface area contributed by atoms with Crippen molar-refractivity contribution in [1.29, 1.82) is 0 Å². The number of ether oxygens (including phenoxy) is 3. The van der Waals surface area contributed by atoms with Crippen LogP contribution >= 0.6 is 11.6 Å². The molecule has 0 aromatic carbocycles. The maximum absolute atomic E-state index is 5.83. The van der Waals surface area contributed by atoms with Crippen LogP contribution in [0.5, 0.6) is 11.6 Å². The molecule has 0 fully saturated rings. The molecule has 1 aromatic heterocycles. The number of halogens is 1. The number of nitrogens with zero attached hydrogens (tertiary/aromatic N) is 2. The minimum absolute atomic E-state index is 0.184. The van der Waals surface area contributed by atoms with Crippen LogP contribution in [0, 0.1) is 0 Å². The second kappa shape index (κ2) is 6.02. The van der Waals surface area contributed by atoms with Crippen molar-refractivity contribution in [3.8, 4) is 11.6 Å². The van der Waals surface area contributed by atoms with E-state index >= 15 is 0 Å². The first-order chi connectivity index (χ1) is 7.94. The Morgan fingerprint density at radius 2 is 1.94 bits per heavy atom. The molecule has 6 heteroatoms. The van der Waals surface area contributed by atoms with Gasteiger partial charge in [-0.2, -0.15) is 4.98 Å². The van der Waals surface area contributed by atoms with E-state index in [0.29, 0.717) is 24.8 Å². The monoisotopic (exact) mass is 260 g/mol. The second-order valence-corrected chi connectivity index (χ2v) is 4.67. The fourth-order valence-electron chi connectivity index (χ4n) is 1.10. The molecular formula is C11H17ClN2O3. The maximum Gasteiger partial charge on any atom is 0.261 e. The van der Waals surface area contributed by atoms with Crippen molar-refractivity contribution in [3.05, 3.63) is 11.5 Å². The topological polar surface area (TPSA) is 53.5 Å². The van der Waals surface area contributed by atoms with Crippen LogP contribution in [0.2, 0.25) is 5.15 Å². The molecule has 0 amide bonds. The third-order valence-electron chi connectivity index (χ3n) is 1.79. The Bertz CT molecular complexity index is 366. The molecule has 0 unspecified atom stereocenters. The smallest absolute Gasteiger partial charge is 0.261 e. The first kappa shape index (κ1) is 14.0. The van der Waals surface area contributed by atoms with Crippen LogP contribution in [-0.4, -0.2) is 35.9 Å². The van der Waals surface area contributed by atoms with E-state index in [1.807, 2.05) is 20.8 Å². The molecular weight excluding hydrogens is 244 g/mol. The number of aromatic nitrogens is 2. The van der Waals surface area contributed by atoms with E-state index in [9.17, 15) is 0 Å². The van der Waals surface area contributed by atoms with Gasteiger partial charge < -0.3 is 14.2 Å². The summed E-state index contributed by atoms with van der Waals surface area (Å²) in [5.74, 6) is 0.662. The normalized spacial score (nSPS) is 11.4. The summed E-state index contributed by atoms with van der Waals surface area (Å²) in [5.41, 5.74) is -0.184. The van der Waals surface area contributed by atoms with Gasteiger partial charge in [0.25, 0.3) is 5.88 Å². The molecule has 0 spiro atoms. The maximum atomic E-state index is 5.83. The van der Waals surface area contributed by atoms with Crippen LogP contribution in [0.3, 0.4) is 0 Å². The minimum Gasteiger partial charge on any atom is -0.489 e. The molecule has 0 aliphatic rings. The highest BCUT2D eigenvalue weighted by Crippen LogP contribution is 2.30. The summed E-state index contributed by atoms with van der Waals surface area (Å²) >= 11 is 5.83. The molecule has 0 radical (unpaired) electrons. The fourth-order valence-corrected chi connectivity index (χ4v) is 1.30. The number of hydrogen-bond donors (Lipinski definition) is 0. The van der Waals surface area contributed by atoms with Gasteiger partial charge in [0.2, 0.25) is 5.75 Å².